The lowest BCUT2D eigenvalue weighted by Crippen LogP contribution is -2.45. The number of amides is 1. The summed E-state index contributed by atoms with van der Waals surface area (Å²) in [6.45, 7) is 4.18. The van der Waals surface area contributed by atoms with Crippen LogP contribution >= 0.6 is 0 Å². The van der Waals surface area contributed by atoms with Gasteiger partial charge in [0.2, 0.25) is 0 Å². The molecule has 2 aromatic rings. The van der Waals surface area contributed by atoms with Crippen LogP contribution in [0.4, 0.5) is 4.39 Å². The standard InChI is InChI=1S/C20H23FN2O3/c1-3-16-6-4-5-9-23(16)19(24)12-26-20(25)17-10-14-7-8-15(21)11-18(14)22-13(17)2/h7-8,10-11,16H,3-6,9,12H2,1-2H3. The van der Waals surface area contributed by atoms with Gasteiger partial charge < -0.3 is 9.64 Å². The Kier molecular flexibility index (Phi) is 5.49. The Morgan fingerprint density at radius 3 is 2.88 bits per heavy atom. The Morgan fingerprint density at radius 2 is 2.12 bits per heavy atom. The van der Waals surface area contributed by atoms with Gasteiger partial charge in [-0.15, -0.1) is 0 Å². The van der Waals surface area contributed by atoms with E-state index in [2.05, 4.69) is 11.9 Å². The van der Waals surface area contributed by atoms with Crippen LogP contribution in [0, 0.1) is 12.7 Å². The molecule has 1 saturated heterocycles. The summed E-state index contributed by atoms with van der Waals surface area (Å²) in [5, 5.41) is 0.650. The molecule has 138 valence electrons. The van der Waals surface area contributed by atoms with Crippen molar-refractivity contribution in [3.8, 4) is 0 Å². The normalized spacial score (nSPS) is 17.3. The fourth-order valence-corrected chi connectivity index (χ4v) is 3.48. The Bertz CT molecular complexity index is 837. The summed E-state index contributed by atoms with van der Waals surface area (Å²) in [7, 11) is 0. The van der Waals surface area contributed by atoms with Gasteiger partial charge in [0.05, 0.1) is 16.8 Å². The SMILES string of the molecule is CCC1CCCCN1C(=O)COC(=O)c1cc2ccc(F)cc2nc1C. The highest BCUT2D eigenvalue weighted by atomic mass is 19.1. The summed E-state index contributed by atoms with van der Waals surface area (Å²) >= 11 is 0. The zero-order chi connectivity index (χ0) is 18.7. The maximum absolute atomic E-state index is 13.3. The highest BCUT2D eigenvalue weighted by Crippen LogP contribution is 2.21. The summed E-state index contributed by atoms with van der Waals surface area (Å²) in [6.07, 6.45) is 4.02. The monoisotopic (exact) mass is 358 g/mol. The third-order valence-electron chi connectivity index (χ3n) is 4.94. The molecule has 1 aliphatic rings. The van der Waals surface area contributed by atoms with E-state index in [1.807, 2.05) is 4.90 Å². The Labute approximate surface area is 152 Å². The van der Waals surface area contributed by atoms with Crippen LogP contribution in [0.1, 0.15) is 48.7 Å². The van der Waals surface area contributed by atoms with Gasteiger partial charge in [-0.1, -0.05) is 6.92 Å². The van der Waals surface area contributed by atoms with Crippen molar-refractivity contribution in [3.05, 3.63) is 41.3 Å². The van der Waals surface area contributed by atoms with Crippen molar-refractivity contribution in [1.29, 1.82) is 0 Å². The van der Waals surface area contributed by atoms with E-state index in [0.29, 0.717) is 22.2 Å². The van der Waals surface area contributed by atoms with Gasteiger partial charge in [0.25, 0.3) is 5.91 Å². The maximum Gasteiger partial charge on any atom is 0.340 e. The number of likely N-dealkylation sites (tertiary alicyclic amines) is 1. The molecule has 1 atom stereocenters. The lowest BCUT2D eigenvalue weighted by molar-refractivity contribution is -0.138. The van der Waals surface area contributed by atoms with Crippen LogP contribution in [0.25, 0.3) is 10.9 Å². The highest BCUT2D eigenvalue weighted by Gasteiger charge is 2.26. The first kappa shape index (κ1) is 18.3. The van der Waals surface area contributed by atoms with E-state index < -0.39 is 5.97 Å². The van der Waals surface area contributed by atoms with Crippen molar-refractivity contribution >= 4 is 22.8 Å². The second kappa shape index (κ2) is 7.81. The largest absolute Gasteiger partial charge is 0.452 e. The molecule has 0 saturated carbocycles. The number of benzene rings is 1. The molecule has 0 aliphatic carbocycles. The number of hydrogen-bond donors (Lipinski definition) is 0. The first-order valence-corrected chi connectivity index (χ1v) is 9.03. The van der Waals surface area contributed by atoms with Crippen LogP contribution in [0.5, 0.6) is 0 Å². The summed E-state index contributed by atoms with van der Waals surface area (Å²) in [4.78, 5) is 30.9. The van der Waals surface area contributed by atoms with E-state index in [1.54, 1.807) is 19.1 Å². The lowest BCUT2D eigenvalue weighted by atomic mass is 10.00. The second-order valence-electron chi connectivity index (χ2n) is 6.68. The van der Waals surface area contributed by atoms with E-state index in [0.717, 1.165) is 32.2 Å². The minimum absolute atomic E-state index is 0.154. The number of fused-ring (bicyclic) bond motifs is 1. The molecule has 6 heteroatoms. The van der Waals surface area contributed by atoms with Gasteiger partial charge in [-0.3, -0.25) is 9.78 Å². The number of ether oxygens (including phenoxy) is 1. The van der Waals surface area contributed by atoms with Crippen LogP contribution in [0.3, 0.4) is 0 Å². The molecule has 1 unspecified atom stereocenters. The molecule has 1 aliphatic heterocycles. The van der Waals surface area contributed by atoms with Gasteiger partial charge in [0.1, 0.15) is 5.82 Å². The summed E-state index contributed by atoms with van der Waals surface area (Å²) in [5.74, 6) is -1.12. The van der Waals surface area contributed by atoms with E-state index in [-0.39, 0.29) is 24.4 Å². The van der Waals surface area contributed by atoms with Crippen LogP contribution in [0.15, 0.2) is 24.3 Å². The third-order valence-corrected chi connectivity index (χ3v) is 4.94. The predicted octanol–water partition coefficient (Wildman–Crippen LogP) is 3.63. The maximum atomic E-state index is 13.3. The number of carbonyl (C=O) groups is 2. The third kappa shape index (κ3) is 3.84. The van der Waals surface area contributed by atoms with Crippen molar-refractivity contribution < 1.29 is 18.7 Å². The average Bonchev–Trinajstić information content (AvgIpc) is 2.65. The molecule has 26 heavy (non-hydrogen) atoms. The van der Waals surface area contributed by atoms with E-state index in [4.69, 9.17) is 4.74 Å². The number of esters is 1. The minimum atomic E-state index is -0.584. The first-order valence-electron chi connectivity index (χ1n) is 9.03. The number of hydrogen-bond acceptors (Lipinski definition) is 4. The van der Waals surface area contributed by atoms with Crippen molar-refractivity contribution in [2.24, 2.45) is 0 Å². The van der Waals surface area contributed by atoms with Crippen LogP contribution in [0.2, 0.25) is 0 Å². The van der Waals surface area contributed by atoms with E-state index in [1.165, 1.54) is 12.1 Å². The Hall–Kier alpha value is -2.50. The second-order valence-corrected chi connectivity index (χ2v) is 6.68. The van der Waals surface area contributed by atoms with Crippen LogP contribution < -0.4 is 0 Å². The fourth-order valence-electron chi connectivity index (χ4n) is 3.48. The highest BCUT2D eigenvalue weighted by molar-refractivity contribution is 5.96. The van der Waals surface area contributed by atoms with Crippen molar-refractivity contribution in [2.75, 3.05) is 13.2 Å². The smallest absolute Gasteiger partial charge is 0.340 e. The minimum Gasteiger partial charge on any atom is -0.452 e. The van der Waals surface area contributed by atoms with Crippen molar-refractivity contribution in [2.45, 2.75) is 45.6 Å². The van der Waals surface area contributed by atoms with E-state index >= 15 is 0 Å². The molecule has 1 aromatic carbocycles. The summed E-state index contributed by atoms with van der Waals surface area (Å²) < 4.78 is 18.5. The Morgan fingerprint density at radius 1 is 1.31 bits per heavy atom. The number of aryl methyl sites for hydroxylation is 1. The average molecular weight is 358 g/mol. The number of pyridine rings is 1. The lowest BCUT2D eigenvalue weighted by Gasteiger charge is -2.35. The molecule has 5 nitrogen and oxygen atoms in total. The molecule has 0 bridgehead atoms. The number of rotatable bonds is 4. The van der Waals surface area contributed by atoms with Gasteiger partial charge in [-0.05, 0) is 50.8 Å². The summed E-state index contributed by atoms with van der Waals surface area (Å²) in [6, 6.07) is 6.06. The van der Waals surface area contributed by atoms with E-state index in [9.17, 15) is 14.0 Å². The molecule has 0 radical (unpaired) electrons. The zero-order valence-electron chi connectivity index (χ0n) is 15.1. The molecule has 2 heterocycles. The topological polar surface area (TPSA) is 59.5 Å². The van der Waals surface area contributed by atoms with Gasteiger partial charge >= 0.3 is 5.97 Å². The molecule has 1 fully saturated rings. The molecular formula is C20H23FN2O3. The molecule has 1 aromatic heterocycles. The number of nitrogens with zero attached hydrogens (tertiary/aromatic N) is 2. The molecule has 3 rings (SSSR count). The molecule has 1 amide bonds. The quantitative estimate of drug-likeness (QED) is 0.783. The molecule has 0 spiro atoms. The van der Waals surface area contributed by atoms with Crippen LogP contribution in [-0.4, -0.2) is 41.0 Å². The van der Waals surface area contributed by atoms with Gasteiger partial charge in [0.15, 0.2) is 6.61 Å². The van der Waals surface area contributed by atoms with Gasteiger partial charge in [0, 0.05) is 24.0 Å². The summed E-state index contributed by atoms with van der Waals surface area (Å²) in [5.41, 5.74) is 1.22. The van der Waals surface area contributed by atoms with Gasteiger partial charge in [-0.2, -0.15) is 0 Å². The number of aromatic nitrogens is 1. The fraction of sp³-hybridized carbons (Fsp3) is 0.450. The molecule has 0 N–H and O–H groups in total. The van der Waals surface area contributed by atoms with Crippen molar-refractivity contribution in [1.82, 2.24) is 9.88 Å². The van der Waals surface area contributed by atoms with Gasteiger partial charge in [-0.25, -0.2) is 9.18 Å². The van der Waals surface area contributed by atoms with Crippen LogP contribution in [-0.2, 0) is 9.53 Å². The number of halogens is 1. The van der Waals surface area contributed by atoms with Crippen molar-refractivity contribution in [3.63, 3.8) is 0 Å². The molecular weight excluding hydrogens is 335 g/mol. The zero-order valence-corrected chi connectivity index (χ0v) is 15.1. The Balaban J connectivity index is 1.70. The number of piperidine rings is 1. The first-order chi connectivity index (χ1) is 12.5. The number of carbonyl (C=O) groups excluding carboxylic acids is 2. The predicted molar refractivity (Wildman–Crippen MR) is 96.4 cm³/mol.